The highest BCUT2D eigenvalue weighted by molar-refractivity contribution is 9.10. The summed E-state index contributed by atoms with van der Waals surface area (Å²) in [7, 11) is 0. The van der Waals surface area contributed by atoms with Gasteiger partial charge in [-0.1, -0.05) is 6.07 Å². The van der Waals surface area contributed by atoms with Gasteiger partial charge in [0.15, 0.2) is 0 Å². The minimum atomic E-state index is 0.496. The van der Waals surface area contributed by atoms with E-state index in [-0.39, 0.29) is 0 Å². The van der Waals surface area contributed by atoms with Crippen molar-refractivity contribution in [3.05, 3.63) is 22.8 Å². The Kier molecular flexibility index (Phi) is 3.37. The predicted octanol–water partition coefficient (Wildman–Crippen LogP) is 1.97. The monoisotopic (exact) mass is 256 g/mol. The van der Waals surface area contributed by atoms with Gasteiger partial charge in [0, 0.05) is 12.1 Å². The van der Waals surface area contributed by atoms with Crippen molar-refractivity contribution in [2.45, 2.75) is 18.9 Å². The Hall–Kier alpha value is -0.610. The van der Waals surface area contributed by atoms with E-state index in [0.29, 0.717) is 18.5 Å². The third-order valence-corrected chi connectivity index (χ3v) is 2.73. The van der Waals surface area contributed by atoms with Gasteiger partial charge >= 0.3 is 0 Å². The molecule has 4 heteroatoms. The van der Waals surface area contributed by atoms with Gasteiger partial charge in [0.05, 0.1) is 0 Å². The first-order valence-electron chi connectivity index (χ1n) is 4.83. The summed E-state index contributed by atoms with van der Waals surface area (Å²) in [5, 5.41) is 3.38. The molecule has 1 aromatic rings. The van der Waals surface area contributed by atoms with E-state index in [1.807, 2.05) is 18.2 Å². The molecule has 0 radical (unpaired) electrons. The number of nitrogens with zero attached hydrogens (tertiary/aromatic N) is 1. The molecule has 3 nitrogen and oxygen atoms in total. The molecule has 2 rings (SSSR count). The van der Waals surface area contributed by atoms with Gasteiger partial charge in [-0.3, -0.25) is 0 Å². The fourth-order valence-corrected chi connectivity index (χ4v) is 1.88. The highest BCUT2D eigenvalue weighted by Crippen LogP contribution is 2.13. The Morgan fingerprint density at radius 1 is 1.57 bits per heavy atom. The maximum absolute atomic E-state index is 5.57. The number of nitrogens with one attached hydrogen (secondary N) is 1. The minimum Gasteiger partial charge on any atom is -0.476 e. The lowest BCUT2D eigenvalue weighted by Crippen LogP contribution is -2.28. The van der Waals surface area contributed by atoms with Gasteiger partial charge < -0.3 is 10.1 Å². The normalized spacial score (nSPS) is 21.1. The van der Waals surface area contributed by atoms with Gasteiger partial charge in [-0.15, -0.1) is 0 Å². The van der Waals surface area contributed by atoms with E-state index in [1.54, 1.807) is 0 Å². The van der Waals surface area contributed by atoms with Crippen LogP contribution in [0.5, 0.6) is 5.88 Å². The van der Waals surface area contributed by atoms with Crippen LogP contribution in [-0.4, -0.2) is 24.2 Å². The van der Waals surface area contributed by atoms with Crippen molar-refractivity contribution in [2.75, 3.05) is 13.2 Å². The van der Waals surface area contributed by atoms with E-state index in [4.69, 9.17) is 4.74 Å². The second-order valence-electron chi connectivity index (χ2n) is 3.40. The molecular weight excluding hydrogens is 244 g/mol. The number of halogens is 1. The van der Waals surface area contributed by atoms with Gasteiger partial charge in [0.25, 0.3) is 0 Å². The van der Waals surface area contributed by atoms with Crippen LogP contribution in [0.2, 0.25) is 0 Å². The van der Waals surface area contributed by atoms with Crippen LogP contribution in [0.4, 0.5) is 0 Å². The van der Waals surface area contributed by atoms with Gasteiger partial charge in [-0.05, 0) is 41.4 Å². The van der Waals surface area contributed by atoms with Crippen molar-refractivity contribution in [1.82, 2.24) is 10.3 Å². The Labute approximate surface area is 92.0 Å². The first-order valence-corrected chi connectivity index (χ1v) is 5.62. The molecule has 76 valence electrons. The Morgan fingerprint density at radius 3 is 3.21 bits per heavy atom. The molecule has 1 aromatic heterocycles. The van der Waals surface area contributed by atoms with Crippen LogP contribution in [0.15, 0.2) is 22.8 Å². The molecule has 1 atom stereocenters. The molecular formula is C10H13BrN2O. The van der Waals surface area contributed by atoms with Crippen molar-refractivity contribution in [3.8, 4) is 5.88 Å². The zero-order chi connectivity index (χ0) is 9.80. The first-order chi connectivity index (χ1) is 6.84. The Balaban J connectivity index is 1.85. The molecule has 2 heterocycles. The zero-order valence-corrected chi connectivity index (χ0v) is 9.46. The van der Waals surface area contributed by atoms with Crippen LogP contribution in [-0.2, 0) is 0 Å². The van der Waals surface area contributed by atoms with Crippen LogP contribution in [0.1, 0.15) is 12.8 Å². The lowest BCUT2D eigenvalue weighted by Gasteiger charge is -2.11. The first kappa shape index (κ1) is 9.93. The molecule has 0 bridgehead atoms. The number of ether oxygens (including phenoxy) is 1. The molecule has 1 aliphatic rings. The molecule has 14 heavy (non-hydrogen) atoms. The third-order valence-electron chi connectivity index (χ3n) is 2.28. The summed E-state index contributed by atoms with van der Waals surface area (Å²) in [4.78, 5) is 4.20. The van der Waals surface area contributed by atoms with E-state index in [0.717, 1.165) is 11.1 Å². The molecule has 0 aliphatic carbocycles. The summed E-state index contributed by atoms with van der Waals surface area (Å²) >= 11 is 3.31. The van der Waals surface area contributed by atoms with E-state index >= 15 is 0 Å². The maximum Gasteiger partial charge on any atom is 0.214 e. The van der Waals surface area contributed by atoms with Gasteiger partial charge in [0.2, 0.25) is 5.88 Å². The summed E-state index contributed by atoms with van der Waals surface area (Å²) in [6.07, 6.45) is 2.45. The largest absolute Gasteiger partial charge is 0.476 e. The van der Waals surface area contributed by atoms with E-state index in [9.17, 15) is 0 Å². The van der Waals surface area contributed by atoms with Crippen molar-refractivity contribution in [1.29, 1.82) is 0 Å². The number of aromatic nitrogens is 1. The SMILES string of the molecule is Brc1cccc(OCC2CCCN2)n1. The zero-order valence-electron chi connectivity index (χ0n) is 7.87. The summed E-state index contributed by atoms with van der Waals surface area (Å²) in [6, 6.07) is 6.19. The minimum absolute atomic E-state index is 0.496. The Morgan fingerprint density at radius 2 is 2.50 bits per heavy atom. The number of rotatable bonds is 3. The molecule has 0 amide bonds. The van der Waals surface area contributed by atoms with Crippen molar-refractivity contribution in [3.63, 3.8) is 0 Å². The quantitative estimate of drug-likeness (QED) is 0.841. The molecule has 1 N–H and O–H groups in total. The molecule has 0 aromatic carbocycles. The summed E-state index contributed by atoms with van der Waals surface area (Å²) in [6.45, 7) is 1.82. The standard InChI is InChI=1S/C10H13BrN2O/c11-9-4-1-5-10(13-9)14-7-8-3-2-6-12-8/h1,4-5,8,12H,2-3,6-7H2. The van der Waals surface area contributed by atoms with Crippen LogP contribution < -0.4 is 10.1 Å². The number of pyridine rings is 1. The molecule has 0 spiro atoms. The third kappa shape index (κ3) is 2.69. The van der Waals surface area contributed by atoms with Gasteiger partial charge in [-0.25, -0.2) is 4.98 Å². The van der Waals surface area contributed by atoms with Crippen LogP contribution in [0.25, 0.3) is 0 Å². The van der Waals surface area contributed by atoms with E-state index in [2.05, 4.69) is 26.2 Å². The number of hydrogen-bond acceptors (Lipinski definition) is 3. The predicted molar refractivity (Wildman–Crippen MR) is 58.5 cm³/mol. The second kappa shape index (κ2) is 4.75. The topological polar surface area (TPSA) is 34.1 Å². The van der Waals surface area contributed by atoms with Gasteiger partial charge in [0.1, 0.15) is 11.2 Å². The van der Waals surface area contributed by atoms with E-state index in [1.165, 1.54) is 12.8 Å². The van der Waals surface area contributed by atoms with Crippen LogP contribution in [0, 0.1) is 0 Å². The fraction of sp³-hybridized carbons (Fsp3) is 0.500. The van der Waals surface area contributed by atoms with Crippen molar-refractivity contribution >= 4 is 15.9 Å². The molecule has 1 aliphatic heterocycles. The van der Waals surface area contributed by atoms with Crippen molar-refractivity contribution < 1.29 is 4.74 Å². The summed E-state index contributed by atoms with van der Waals surface area (Å²) < 4.78 is 6.38. The highest BCUT2D eigenvalue weighted by atomic mass is 79.9. The summed E-state index contributed by atoms with van der Waals surface area (Å²) in [5.41, 5.74) is 0. The fourth-order valence-electron chi connectivity index (χ4n) is 1.55. The molecule has 1 saturated heterocycles. The highest BCUT2D eigenvalue weighted by Gasteiger charge is 2.14. The average Bonchev–Trinajstić information content (AvgIpc) is 2.67. The van der Waals surface area contributed by atoms with Crippen LogP contribution >= 0.6 is 15.9 Å². The molecule has 1 fully saturated rings. The molecule has 0 saturated carbocycles. The van der Waals surface area contributed by atoms with Gasteiger partial charge in [-0.2, -0.15) is 0 Å². The Bertz CT molecular complexity index is 300. The molecule has 1 unspecified atom stereocenters. The maximum atomic E-state index is 5.57. The average molecular weight is 257 g/mol. The van der Waals surface area contributed by atoms with Crippen LogP contribution in [0.3, 0.4) is 0 Å². The van der Waals surface area contributed by atoms with Crippen molar-refractivity contribution in [2.24, 2.45) is 0 Å². The van der Waals surface area contributed by atoms with E-state index < -0.39 is 0 Å². The number of hydrogen-bond donors (Lipinski definition) is 1. The summed E-state index contributed by atoms with van der Waals surface area (Å²) in [5.74, 6) is 0.688. The lowest BCUT2D eigenvalue weighted by atomic mass is 10.2. The second-order valence-corrected chi connectivity index (χ2v) is 4.22. The smallest absolute Gasteiger partial charge is 0.214 e. The lowest BCUT2D eigenvalue weighted by molar-refractivity contribution is 0.267.